The number of halogens is 2. The van der Waals surface area contributed by atoms with Crippen molar-refractivity contribution >= 4 is 28.3 Å². The number of nitrogens with zero attached hydrogens (tertiary/aromatic N) is 5. The molecule has 1 aliphatic heterocycles. The van der Waals surface area contributed by atoms with Crippen LogP contribution in [0.2, 0.25) is 0 Å². The highest BCUT2D eigenvalue weighted by Gasteiger charge is 2.30. The van der Waals surface area contributed by atoms with Crippen molar-refractivity contribution in [1.82, 2.24) is 19.6 Å². The Labute approximate surface area is 163 Å². The second-order valence-corrected chi connectivity index (χ2v) is 6.96. The lowest BCUT2D eigenvalue weighted by Gasteiger charge is -2.26. The van der Waals surface area contributed by atoms with Gasteiger partial charge < -0.3 is 10.0 Å². The molecule has 1 fully saturated rings. The SMILES string of the molecule is O=C(O)c1cc2c(cn1)nn1ccc(N3CCC[C@@H]3c3cc(F)ccc3F)nc21. The first-order valence-electron chi connectivity index (χ1n) is 9.11. The van der Waals surface area contributed by atoms with Crippen LogP contribution < -0.4 is 4.90 Å². The van der Waals surface area contributed by atoms with Crippen LogP contribution in [0.1, 0.15) is 34.9 Å². The third-order valence-corrected chi connectivity index (χ3v) is 5.22. The summed E-state index contributed by atoms with van der Waals surface area (Å²) in [5.41, 5.74) is 1.21. The van der Waals surface area contributed by atoms with E-state index in [1.54, 1.807) is 16.8 Å². The van der Waals surface area contributed by atoms with Crippen LogP contribution in [0, 0.1) is 11.6 Å². The average Bonchev–Trinajstić information content (AvgIpc) is 3.33. The van der Waals surface area contributed by atoms with Crippen LogP contribution in [0.4, 0.5) is 14.6 Å². The standard InChI is InChI=1S/C20H15F2N5O2/c21-11-3-4-14(22)12(8-11)17-2-1-6-26(17)18-5-7-27-19(24-18)13-9-15(20(28)29)23-10-16(13)25-27/h3-5,7-10,17H,1-2,6H2,(H,28,29)/t17-/m1/s1. The minimum atomic E-state index is -1.14. The Morgan fingerprint density at radius 1 is 1.21 bits per heavy atom. The number of aromatic nitrogens is 4. The van der Waals surface area contributed by atoms with Crippen LogP contribution in [0.3, 0.4) is 0 Å². The van der Waals surface area contributed by atoms with Crippen molar-refractivity contribution in [2.45, 2.75) is 18.9 Å². The normalized spacial score (nSPS) is 16.8. The number of hydrogen-bond donors (Lipinski definition) is 1. The summed E-state index contributed by atoms with van der Waals surface area (Å²) in [6.45, 7) is 0.651. The molecular formula is C20H15F2N5O2. The molecule has 0 unspecified atom stereocenters. The number of anilines is 1. The van der Waals surface area contributed by atoms with Crippen molar-refractivity contribution in [2.75, 3.05) is 11.4 Å². The molecular weight excluding hydrogens is 380 g/mol. The zero-order valence-corrected chi connectivity index (χ0v) is 15.1. The van der Waals surface area contributed by atoms with Gasteiger partial charge in [0.05, 0.1) is 17.6 Å². The maximum Gasteiger partial charge on any atom is 0.354 e. The quantitative estimate of drug-likeness (QED) is 0.571. The van der Waals surface area contributed by atoms with Gasteiger partial charge in [-0.2, -0.15) is 5.10 Å². The molecule has 5 rings (SSSR count). The van der Waals surface area contributed by atoms with Crippen LogP contribution in [0.15, 0.2) is 42.7 Å². The predicted molar refractivity (Wildman–Crippen MR) is 101 cm³/mol. The summed E-state index contributed by atoms with van der Waals surface area (Å²) in [5.74, 6) is -1.47. The van der Waals surface area contributed by atoms with E-state index in [1.807, 2.05) is 4.90 Å². The Morgan fingerprint density at radius 2 is 2.07 bits per heavy atom. The number of aromatic carboxylic acids is 1. The van der Waals surface area contributed by atoms with Crippen molar-refractivity contribution < 1.29 is 18.7 Å². The largest absolute Gasteiger partial charge is 0.477 e. The van der Waals surface area contributed by atoms with Gasteiger partial charge in [0.25, 0.3) is 0 Å². The summed E-state index contributed by atoms with van der Waals surface area (Å²) in [7, 11) is 0. The van der Waals surface area contributed by atoms with Gasteiger partial charge in [-0.25, -0.2) is 28.1 Å². The topological polar surface area (TPSA) is 83.6 Å². The van der Waals surface area contributed by atoms with E-state index >= 15 is 0 Å². The van der Waals surface area contributed by atoms with Crippen LogP contribution in [0.5, 0.6) is 0 Å². The molecule has 0 radical (unpaired) electrons. The highest BCUT2D eigenvalue weighted by molar-refractivity contribution is 5.97. The summed E-state index contributed by atoms with van der Waals surface area (Å²) in [6, 6.07) is 6.35. The minimum absolute atomic E-state index is 0.0968. The molecule has 0 spiro atoms. The van der Waals surface area contributed by atoms with E-state index in [-0.39, 0.29) is 11.7 Å². The van der Waals surface area contributed by atoms with Crippen LogP contribution in [0.25, 0.3) is 16.6 Å². The van der Waals surface area contributed by atoms with Gasteiger partial charge in [-0.1, -0.05) is 0 Å². The highest BCUT2D eigenvalue weighted by Crippen LogP contribution is 2.37. The highest BCUT2D eigenvalue weighted by atomic mass is 19.1. The predicted octanol–water partition coefficient (Wildman–Crippen LogP) is 3.60. The average molecular weight is 395 g/mol. The van der Waals surface area contributed by atoms with E-state index in [1.165, 1.54) is 18.3 Å². The molecule has 0 aliphatic carbocycles. The lowest BCUT2D eigenvalue weighted by atomic mass is 10.0. The van der Waals surface area contributed by atoms with Gasteiger partial charge in [0.1, 0.15) is 28.7 Å². The molecule has 29 heavy (non-hydrogen) atoms. The van der Waals surface area contributed by atoms with E-state index in [4.69, 9.17) is 0 Å². The molecule has 0 saturated carbocycles. The number of carboxylic acid groups (broad SMARTS) is 1. The maximum atomic E-state index is 14.4. The number of carbonyl (C=O) groups is 1. The minimum Gasteiger partial charge on any atom is -0.477 e. The van der Waals surface area contributed by atoms with Crippen molar-refractivity contribution in [2.24, 2.45) is 0 Å². The van der Waals surface area contributed by atoms with E-state index in [0.717, 1.165) is 18.6 Å². The van der Waals surface area contributed by atoms with Crippen LogP contribution in [-0.2, 0) is 0 Å². The fraction of sp³-hybridized carbons (Fsp3) is 0.200. The number of hydrogen-bond acceptors (Lipinski definition) is 5. The third-order valence-electron chi connectivity index (χ3n) is 5.22. The van der Waals surface area contributed by atoms with E-state index in [0.29, 0.717) is 40.9 Å². The smallest absolute Gasteiger partial charge is 0.354 e. The molecule has 9 heteroatoms. The second kappa shape index (κ2) is 6.47. The number of benzene rings is 1. The molecule has 1 atom stereocenters. The Hall–Kier alpha value is -3.62. The van der Waals surface area contributed by atoms with Gasteiger partial charge in [0.2, 0.25) is 0 Å². The maximum absolute atomic E-state index is 14.4. The molecule has 1 aliphatic rings. The molecule has 1 aromatic carbocycles. The third kappa shape index (κ3) is 2.86. The summed E-state index contributed by atoms with van der Waals surface area (Å²) >= 11 is 0. The van der Waals surface area contributed by atoms with Gasteiger partial charge in [0, 0.05) is 18.3 Å². The van der Waals surface area contributed by atoms with Crippen molar-refractivity contribution in [3.63, 3.8) is 0 Å². The van der Waals surface area contributed by atoms with Gasteiger partial charge in [-0.3, -0.25) is 0 Å². The fourth-order valence-corrected chi connectivity index (χ4v) is 3.90. The van der Waals surface area contributed by atoms with E-state index in [9.17, 15) is 18.7 Å². The number of pyridine rings is 1. The molecule has 4 aromatic rings. The van der Waals surface area contributed by atoms with Crippen molar-refractivity contribution in [1.29, 1.82) is 0 Å². The summed E-state index contributed by atoms with van der Waals surface area (Å²) in [4.78, 5) is 21.7. The molecule has 7 nitrogen and oxygen atoms in total. The monoisotopic (exact) mass is 395 g/mol. The number of rotatable bonds is 3. The van der Waals surface area contributed by atoms with Crippen molar-refractivity contribution in [3.05, 3.63) is 65.6 Å². The molecule has 4 heterocycles. The molecule has 1 saturated heterocycles. The first-order valence-corrected chi connectivity index (χ1v) is 9.11. The summed E-state index contributed by atoms with van der Waals surface area (Å²) in [6.07, 6.45) is 4.62. The van der Waals surface area contributed by atoms with Gasteiger partial charge in [0.15, 0.2) is 5.65 Å². The van der Waals surface area contributed by atoms with Gasteiger partial charge in [-0.05, 0) is 43.2 Å². The molecule has 146 valence electrons. The Balaban J connectivity index is 1.62. The summed E-state index contributed by atoms with van der Waals surface area (Å²) in [5, 5.41) is 14.1. The number of fused-ring (bicyclic) bond motifs is 3. The Morgan fingerprint density at radius 3 is 2.90 bits per heavy atom. The molecule has 3 aromatic heterocycles. The van der Waals surface area contributed by atoms with Gasteiger partial charge in [-0.15, -0.1) is 0 Å². The Kier molecular flexibility index (Phi) is 3.90. The van der Waals surface area contributed by atoms with E-state index < -0.39 is 17.6 Å². The molecule has 1 N–H and O–H groups in total. The Bertz CT molecular complexity index is 1270. The lowest BCUT2D eigenvalue weighted by molar-refractivity contribution is 0.0690. The fourth-order valence-electron chi connectivity index (χ4n) is 3.90. The zero-order chi connectivity index (χ0) is 20.1. The first-order chi connectivity index (χ1) is 14.0. The zero-order valence-electron chi connectivity index (χ0n) is 15.1. The summed E-state index contributed by atoms with van der Waals surface area (Å²) < 4.78 is 29.6. The second-order valence-electron chi connectivity index (χ2n) is 6.96. The van der Waals surface area contributed by atoms with E-state index in [2.05, 4.69) is 15.1 Å². The van der Waals surface area contributed by atoms with Crippen molar-refractivity contribution in [3.8, 4) is 0 Å². The first kappa shape index (κ1) is 17.5. The molecule has 0 amide bonds. The lowest BCUT2D eigenvalue weighted by Crippen LogP contribution is -2.24. The number of carboxylic acids is 1. The molecule has 0 bridgehead atoms. The van der Waals surface area contributed by atoms with Crippen LogP contribution in [-0.4, -0.2) is 37.2 Å². The van der Waals surface area contributed by atoms with Gasteiger partial charge >= 0.3 is 5.97 Å². The van der Waals surface area contributed by atoms with Crippen LogP contribution >= 0.6 is 0 Å².